The number of phenolic OH excluding ortho intramolecular Hbond substituents is 1. The molecule has 3 aromatic rings. The first-order valence-electron chi connectivity index (χ1n) is 11.9. The highest BCUT2D eigenvalue weighted by Gasteiger charge is 2.33. The highest BCUT2D eigenvalue weighted by atomic mass is 79.9. The summed E-state index contributed by atoms with van der Waals surface area (Å²) in [5.74, 6) is 0.0164. The highest BCUT2D eigenvalue weighted by Crippen LogP contribution is 2.47. The van der Waals surface area contributed by atoms with Crippen LogP contribution in [0.2, 0.25) is 0 Å². The monoisotopic (exact) mass is 551 g/mol. The van der Waals surface area contributed by atoms with Crippen LogP contribution < -0.4 is 0 Å². The van der Waals surface area contributed by atoms with Crippen molar-refractivity contribution in [3.8, 4) is 5.75 Å². The number of benzene rings is 3. The number of phenols is 1. The van der Waals surface area contributed by atoms with Crippen molar-refractivity contribution < 1.29 is 10.0 Å². The normalized spacial score (nSPS) is 12.8. The molecule has 0 saturated carbocycles. The van der Waals surface area contributed by atoms with Crippen LogP contribution in [0.25, 0.3) is 0 Å². The molecule has 0 aliphatic carbocycles. The molecule has 0 aliphatic heterocycles. The van der Waals surface area contributed by atoms with Gasteiger partial charge in [0.2, 0.25) is 0 Å². The fourth-order valence-corrected chi connectivity index (χ4v) is 5.18. The molecule has 0 fully saturated rings. The summed E-state index contributed by atoms with van der Waals surface area (Å²) in [7, 11) is 0. The van der Waals surface area contributed by atoms with E-state index < -0.39 is 10.3 Å². The number of nitro groups is 1. The van der Waals surface area contributed by atoms with Gasteiger partial charge in [-0.15, -0.1) is 10.2 Å². The van der Waals surface area contributed by atoms with Crippen molar-refractivity contribution in [1.82, 2.24) is 0 Å². The minimum Gasteiger partial charge on any atom is -0.505 e. The quantitative estimate of drug-likeness (QED) is 0.180. The summed E-state index contributed by atoms with van der Waals surface area (Å²) >= 11 is 3.26. The van der Waals surface area contributed by atoms with Crippen LogP contribution >= 0.6 is 15.9 Å². The smallest absolute Gasteiger partial charge is 0.297 e. The van der Waals surface area contributed by atoms with Crippen molar-refractivity contribution in [3.05, 3.63) is 91.9 Å². The van der Waals surface area contributed by atoms with E-state index in [1.807, 2.05) is 36.4 Å². The number of rotatable bonds is 7. The molecule has 0 saturated heterocycles. The van der Waals surface area contributed by atoms with Crippen LogP contribution in [0, 0.1) is 15.5 Å². The second kappa shape index (κ2) is 10.1. The average molecular weight is 553 g/mol. The molecule has 0 radical (unpaired) electrons. The summed E-state index contributed by atoms with van der Waals surface area (Å²) in [5.41, 5.74) is 2.38. The molecule has 0 amide bonds. The lowest BCUT2D eigenvalue weighted by molar-refractivity contribution is -0.384. The van der Waals surface area contributed by atoms with Gasteiger partial charge in [-0.2, -0.15) is 0 Å². The van der Waals surface area contributed by atoms with E-state index in [2.05, 4.69) is 80.7 Å². The lowest BCUT2D eigenvalue weighted by Gasteiger charge is -2.35. The standard InChI is InChI=1S/C29H34BrN3O3/c1-27(2,3)18-28(4,5)20-15-22(29(6,7)19-11-9-8-10-12-19)26(34)24(16-20)32-31-23-14-13-21(30)17-25(23)33(35)36/h8-17,34H,18H2,1-7H3/b32-31+. The molecular weight excluding hydrogens is 518 g/mol. The maximum absolute atomic E-state index is 11.5. The fraction of sp³-hybridized carbons (Fsp3) is 0.379. The van der Waals surface area contributed by atoms with E-state index in [4.69, 9.17) is 0 Å². The molecule has 0 spiro atoms. The Hall–Kier alpha value is -3.06. The van der Waals surface area contributed by atoms with Gasteiger partial charge in [-0.3, -0.25) is 10.1 Å². The molecule has 0 bridgehead atoms. The van der Waals surface area contributed by atoms with Crippen LogP contribution in [0.1, 0.15) is 71.6 Å². The number of hydrogen-bond acceptors (Lipinski definition) is 5. The van der Waals surface area contributed by atoms with Gasteiger partial charge in [0.05, 0.1) is 4.92 Å². The number of azo groups is 1. The van der Waals surface area contributed by atoms with Crippen molar-refractivity contribution >= 4 is 33.0 Å². The molecule has 0 atom stereocenters. The van der Waals surface area contributed by atoms with Gasteiger partial charge in [-0.25, -0.2) is 0 Å². The van der Waals surface area contributed by atoms with Gasteiger partial charge in [0.15, 0.2) is 5.69 Å². The van der Waals surface area contributed by atoms with Crippen molar-refractivity contribution in [2.24, 2.45) is 15.6 Å². The highest BCUT2D eigenvalue weighted by molar-refractivity contribution is 9.10. The van der Waals surface area contributed by atoms with Gasteiger partial charge in [0, 0.05) is 21.5 Å². The Morgan fingerprint density at radius 2 is 1.47 bits per heavy atom. The SMILES string of the molecule is CC(C)(C)CC(C)(C)c1cc(/N=N/c2ccc(Br)cc2[N+](=O)[O-])c(O)c(C(C)(C)c2ccccc2)c1. The molecule has 0 aliphatic rings. The van der Waals surface area contributed by atoms with Crippen LogP contribution in [0.15, 0.2) is 75.4 Å². The van der Waals surface area contributed by atoms with Crippen LogP contribution in [-0.2, 0) is 10.8 Å². The summed E-state index contributed by atoms with van der Waals surface area (Å²) in [5, 5.41) is 31.5. The summed E-state index contributed by atoms with van der Waals surface area (Å²) in [6, 6.07) is 18.5. The number of hydrogen-bond donors (Lipinski definition) is 1. The first-order chi connectivity index (χ1) is 16.6. The van der Waals surface area contributed by atoms with Crippen molar-refractivity contribution in [1.29, 1.82) is 0 Å². The molecular formula is C29H34BrN3O3. The summed E-state index contributed by atoms with van der Waals surface area (Å²) < 4.78 is 0.578. The maximum atomic E-state index is 11.5. The molecule has 0 heterocycles. The molecule has 0 aromatic heterocycles. The van der Waals surface area contributed by atoms with Crippen LogP contribution in [-0.4, -0.2) is 10.0 Å². The Balaban J connectivity index is 2.23. The third kappa shape index (κ3) is 6.19. The zero-order chi connectivity index (χ0) is 26.9. The van der Waals surface area contributed by atoms with E-state index >= 15 is 0 Å². The second-order valence-electron chi connectivity index (χ2n) is 11.6. The Labute approximate surface area is 221 Å². The predicted octanol–water partition coefficient (Wildman–Crippen LogP) is 9.52. The van der Waals surface area contributed by atoms with Gasteiger partial charge >= 0.3 is 0 Å². The number of aromatic hydroxyl groups is 1. The third-order valence-corrected chi connectivity index (χ3v) is 6.91. The average Bonchev–Trinajstić information content (AvgIpc) is 2.77. The molecule has 7 heteroatoms. The Morgan fingerprint density at radius 3 is 2.06 bits per heavy atom. The molecule has 190 valence electrons. The minimum atomic E-state index is -0.521. The second-order valence-corrected chi connectivity index (χ2v) is 12.5. The summed E-state index contributed by atoms with van der Waals surface area (Å²) in [6.45, 7) is 15.1. The first kappa shape index (κ1) is 27.5. The van der Waals surface area contributed by atoms with Gasteiger partial charge in [-0.05, 0) is 46.6 Å². The maximum Gasteiger partial charge on any atom is 0.297 e. The van der Waals surface area contributed by atoms with Gasteiger partial charge in [0.1, 0.15) is 11.4 Å². The largest absolute Gasteiger partial charge is 0.505 e. The van der Waals surface area contributed by atoms with Gasteiger partial charge in [-0.1, -0.05) is 101 Å². The summed E-state index contributed by atoms with van der Waals surface area (Å²) in [6.07, 6.45) is 0.907. The van der Waals surface area contributed by atoms with E-state index in [0.29, 0.717) is 4.47 Å². The Bertz CT molecular complexity index is 1290. The van der Waals surface area contributed by atoms with Crippen molar-refractivity contribution in [2.75, 3.05) is 0 Å². The zero-order valence-electron chi connectivity index (χ0n) is 22.0. The molecule has 6 nitrogen and oxygen atoms in total. The fourth-order valence-electron chi connectivity index (χ4n) is 4.84. The molecule has 36 heavy (non-hydrogen) atoms. The van der Waals surface area contributed by atoms with E-state index in [1.54, 1.807) is 6.07 Å². The van der Waals surface area contributed by atoms with Gasteiger partial charge < -0.3 is 5.11 Å². The van der Waals surface area contributed by atoms with Gasteiger partial charge in [0.25, 0.3) is 5.69 Å². The lowest BCUT2D eigenvalue weighted by atomic mass is 9.70. The first-order valence-corrected chi connectivity index (χ1v) is 12.7. The number of halogens is 1. The Kier molecular flexibility index (Phi) is 7.75. The third-order valence-electron chi connectivity index (χ3n) is 6.41. The molecule has 0 unspecified atom stereocenters. The van der Waals surface area contributed by atoms with Crippen molar-refractivity contribution in [3.63, 3.8) is 0 Å². The summed E-state index contributed by atoms with van der Waals surface area (Å²) in [4.78, 5) is 11.1. The van der Waals surface area contributed by atoms with E-state index in [1.165, 1.54) is 12.1 Å². The number of nitrogens with zero attached hydrogens (tertiary/aromatic N) is 3. The van der Waals surface area contributed by atoms with Crippen LogP contribution in [0.3, 0.4) is 0 Å². The van der Waals surface area contributed by atoms with E-state index in [-0.39, 0.29) is 33.6 Å². The lowest BCUT2D eigenvalue weighted by Crippen LogP contribution is -2.26. The van der Waals surface area contributed by atoms with E-state index in [9.17, 15) is 15.2 Å². The Morgan fingerprint density at radius 1 is 0.861 bits per heavy atom. The molecule has 3 rings (SSSR count). The molecule has 1 N–H and O–H groups in total. The van der Waals surface area contributed by atoms with Crippen LogP contribution in [0.4, 0.5) is 17.1 Å². The van der Waals surface area contributed by atoms with Crippen LogP contribution in [0.5, 0.6) is 5.75 Å². The number of nitro benzene ring substituents is 1. The van der Waals surface area contributed by atoms with E-state index in [0.717, 1.165) is 23.1 Å². The topological polar surface area (TPSA) is 88.1 Å². The van der Waals surface area contributed by atoms with Crippen molar-refractivity contribution in [2.45, 2.75) is 65.7 Å². The molecule has 3 aromatic carbocycles. The minimum absolute atomic E-state index is 0.0164. The zero-order valence-corrected chi connectivity index (χ0v) is 23.5. The predicted molar refractivity (Wildman–Crippen MR) is 149 cm³/mol.